The zero-order valence-electron chi connectivity index (χ0n) is 10.9. The molecule has 1 saturated heterocycles. The summed E-state index contributed by atoms with van der Waals surface area (Å²) in [6.45, 7) is 2.44. The van der Waals surface area contributed by atoms with Gasteiger partial charge in [0.2, 0.25) is 10.0 Å². The number of benzene rings is 1. The van der Waals surface area contributed by atoms with E-state index in [2.05, 4.69) is 10.0 Å². The van der Waals surface area contributed by atoms with Gasteiger partial charge in [-0.15, -0.1) is 0 Å². The van der Waals surface area contributed by atoms with Gasteiger partial charge >= 0.3 is 0 Å². The third-order valence-corrected chi connectivity index (χ3v) is 4.27. The van der Waals surface area contributed by atoms with Crippen LogP contribution in [0.1, 0.15) is 18.4 Å². The lowest BCUT2D eigenvalue weighted by molar-refractivity contribution is 0.376. The first-order chi connectivity index (χ1) is 9.16. The van der Waals surface area contributed by atoms with Gasteiger partial charge in [-0.1, -0.05) is 30.3 Å². The van der Waals surface area contributed by atoms with Crippen LogP contribution in [0.25, 0.3) is 6.08 Å². The standard InChI is InChI=1S/C14H20N2O2S/c17-19(18,10-8-13-5-2-1-3-6-13)16-12-14-7-4-9-15-11-14/h1-3,5-6,8,10,14-16H,4,7,9,11-12H2. The van der Waals surface area contributed by atoms with Crippen LogP contribution in [-0.2, 0) is 10.0 Å². The lowest BCUT2D eigenvalue weighted by Gasteiger charge is -2.22. The molecular weight excluding hydrogens is 260 g/mol. The highest BCUT2D eigenvalue weighted by atomic mass is 32.2. The lowest BCUT2D eigenvalue weighted by Crippen LogP contribution is -2.37. The fraction of sp³-hybridized carbons (Fsp3) is 0.429. The summed E-state index contributed by atoms with van der Waals surface area (Å²) in [4.78, 5) is 0. The summed E-state index contributed by atoms with van der Waals surface area (Å²) in [5.74, 6) is 0.397. The van der Waals surface area contributed by atoms with Crippen LogP contribution < -0.4 is 10.0 Å². The molecule has 1 fully saturated rings. The van der Waals surface area contributed by atoms with E-state index in [1.54, 1.807) is 6.08 Å². The van der Waals surface area contributed by atoms with E-state index in [1.165, 1.54) is 5.41 Å². The van der Waals surface area contributed by atoms with E-state index < -0.39 is 10.0 Å². The van der Waals surface area contributed by atoms with Gasteiger partial charge in [0.05, 0.1) is 0 Å². The fourth-order valence-corrected chi connectivity index (χ4v) is 3.01. The molecule has 0 bridgehead atoms. The van der Waals surface area contributed by atoms with Crippen molar-refractivity contribution in [3.8, 4) is 0 Å². The third kappa shape index (κ3) is 5.14. The Balaban J connectivity index is 1.86. The van der Waals surface area contributed by atoms with E-state index in [0.717, 1.165) is 31.5 Å². The molecule has 1 aromatic carbocycles. The maximum atomic E-state index is 11.8. The van der Waals surface area contributed by atoms with Crippen molar-refractivity contribution in [1.82, 2.24) is 10.0 Å². The zero-order chi connectivity index (χ0) is 13.6. The van der Waals surface area contributed by atoms with Crippen molar-refractivity contribution in [3.63, 3.8) is 0 Å². The maximum Gasteiger partial charge on any atom is 0.233 e. The van der Waals surface area contributed by atoms with Crippen LogP contribution in [0.15, 0.2) is 35.7 Å². The summed E-state index contributed by atoms with van der Waals surface area (Å²) in [6.07, 6.45) is 3.81. The molecular formula is C14H20N2O2S. The van der Waals surface area contributed by atoms with Gasteiger partial charge in [0.15, 0.2) is 0 Å². The molecule has 0 spiro atoms. The quantitative estimate of drug-likeness (QED) is 0.861. The van der Waals surface area contributed by atoms with Gasteiger partial charge in [-0.05, 0) is 43.5 Å². The minimum atomic E-state index is -3.34. The number of hydrogen-bond donors (Lipinski definition) is 2. The molecule has 104 valence electrons. The van der Waals surface area contributed by atoms with E-state index in [-0.39, 0.29) is 0 Å². The molecule has 1 aliphatic rings. The first-order valence-corrected chi connectivity index (χ1v) is 8.14. The Hall–Kier alpha value is -1.17. The van der Waals surface area contributed by atoms with Crippen LogP contribution in [0, 0.1) is 5.92 Å². The average molecular weight is 280 g/mol. The molecule has 4 nitrogen and oxygen atoms in total. The molecule has 5 heteroatoms. The van der Waals surface area contributed by atoms with Crippen molar-refractivity contribution in [3.05, 3.63) is 41.3 Å². The minimum Gasteiger partial charge on any atom is -0.316 e. The first kappa shape index (κ1) is 14.2. The van der Waals surface area contributed by atoms with Crippen LogP contribution in [-0.4, -0.2) is 28.1 Å². The Labute approximate surface area is 115 Å². The minimum absolute atomic E-state index is 0.397. The van der Waals surface area contributed by atoms with E-state index in [9.17, 15) is 8.42 Å². The van der Waals surface area contributed by atoms with E-state index in [0.29, 0.717) is 12.5 Å². The lowest BCUT2D eigenvalue weighted by atomic mass is 10.0. The molecule has 0 radical (unpaired) electrons. The van der Waals surface area contributed by atoms with Crippen molar-refractivity contribution in [2.24, 2.45) is 5.92 Å². The molecule has 1 unspecified atom stereocenters. The highest BCUT2D eigenvalue weighted by Crippen LogP contribution is 2.09. The first-order valence-electron chi connectivity index (χ1n) is 6.59. The Morgan fingerprint density at radius 2 is 2.11 bits per heavy atom. The van der Waals surface area contributed by atoms with Gasteiger partial charge in [0.25, 0.3) is 0 Å². The van der Waals surface area contributed by atoms with Gasteiger partial charge in [-0.3, -0.25) is 0 Å². The molecule has 0 amide bonds. The van der Waals surface area contributed by atoms with Gasteiger partial charge < -0.3 is 5.32 Å². The predicted octanol–water partition coefficient (Wildman–Crippen LogP) is 1.58. The average Bonchev–Trinajstić information content (AvgIpc) is 2.46. The molecule has 1 aromatic rings. The van der Waals surface area contributed by atoms with Gasteiger partial charge in [0.1, 0.15) is 0 Å². The van der Waals surface area contributed by atoms with E-state index in [1.807, 2.05) is 30.3 Å². The molecule has 0 aromatic heterocycles. The molecule has 0 saturated carbocycles. The highest BCUT2D eigenvalue weighted by molar-refractivity contribution is 7.92. The second-order valence-electron chi connectivity index (χ2n) is 4.82. The second-order valence-corrected chi connectivity index (χ2v) is 6.47. The number of nitrogens with one attached hydrogen (secondary N) is 2. The van der Waals surface area contributed by atoms with Crippen molar-refractivity contribution in [2.45, 2.75) is 12.8 Å². The van der Waals surface area contributed by atoms with Crippen molar-refractivity contribution >= 4 is 16.1 Å². The summed E-state index contributed by atoms with van der Waals surface area (Å²) >= 11 is 0. The Bertz CT molecular complexity index is 506. The summed E-state index contributed by atoms with van der Waals surface area (Å²) < 4.78 is 26.3. The molecule has 2 N–H and O–H groups in total. The number of sulfonamides is 1. The van der Waals surface area contributed by atoms with Crippen LogP contribution >= 0.6 is 0 Å². The summed E-state index contributed by atoms with van der Waals surface area (Å²) in [7, 11) is -3.34. The van der Waals surface area contributed by atoms with Crippen molar-refractivity contribution in [2.75, 3.05) is 19.6 Å². The Morgan fingerprint density at radius 1 is 1.32 bits per heavy atom. The molecule has 2 rings (SSSR count). The Kier molecular flexibility index (Phi) is 5.13. The Morgan fingerprint density at radius 3 is 2.79 bits per heavy atom. The van der Waals surface area contributed by atoms with Crippen molar-refractivity contribution in [1.29, 1.82) is 0 Å². The predicted molar refractivity (Wildman–Crippen MR) is 78.0 cm³/mol. The third-order valence-electron chi connectivity index (χ3n) is 3.21. The van der Waals surface area contributed by atoms with E-state index in [4.69, 9.17) is 0 Å². The number of piperidine rings is 1. The van der Waals surface area contributed by atoms with Gasteiger partial charge in [-0.25, -0.2) is 13.1 Å². The fourth-order valence-electron chi connectivity index (χ4n) is 2.11. The van der Waals surface area contributed by atoms with Crippen LogP contribution in [0.2, 0.25) is 0 Å². The molecule has 19 heavy (non-hydrogen) atoms. The smallest absolute Gasteiger partial charge is 0.233 e. The van der Waals surface area contributed by atoms with Crippen LogP contribution in [0.3, 0.4) is 0 Å². The van der Waals surface area contributed by atoms with Gasteiger partial charge in [0, 0.05) is 12.0 Å². The molecule has 1 atom stereocenters. The molecule has 1 aliphatic heterocycles. The summed E-state index contributed by atoms with van der Waals surface area (Å²) in [5.41, 5.74) is 0.882. The zero-order valence-corrected chi connectivity index (χ0v) is 11.7. The maximum absolute atomic E-state index is 11.8. The highest BCUT2D eigenvalue weighted by Gasteiger charge is 2.15. The molecule has 1 heterocycles. The topological polar surface area (TPSA) is 58.2 Å². The summed E-state index contributed by atoms with van der Waals surface area (Å²) in [5, 5.41) is 4.51. The second kappa shape index (κ2) is 6.84. The van der Waals surface area contributed by atoms with Crippen LogP contribution in [0.5, 0.6) is 0 Å². The van der Waals surface area contributed by atoms with Crippen LogP contribution in [0.4, 0.5) is 0 Å². The SMILES string of the molecule is O=S(=O)(C=Cc1ccccc1)NCC1CCCNC1. The number of hydrogen-bond acceptors (Lipinski definition) is 3. The largest absolute Gasteiger partial charge is 0.316 e. The molecule has 0 aliphatic carbocycles. The van der Waals surface area contributed by atoms with Crippen molar-refractivity contribution < 1.29 is 8.42 Å². The summed E-state index contributed by atoms with van der Waals surface area (Å²) in [6, 6.07) is 9.41. The monoisotopic (exact) mass is 280 g/mol. The normalized spacial score (nSPS) is 20.7. The number of rotatable bonds is 5. The van der Waals surface area contributed by atoms with E-state index >= 15 is 0 Å². The van der Waals surface area contributed by atoms with Gasteiger partial charge in [-0.2, -0.15) is 0 Å².